The van der Waals surface area contributed by atoms with E-state index in [9.17, 15) is 9.59 Å². The Hall–Kier alpha value is -1.76. The first-order valence-electron chi connectivity index (χ1n) is 21.7. The predicted molar refractivity (Wildman–Crippen MR) is 235 cm³/mol. The van der Waals surface area contributed by atoms with Crippen LogP contribution in [0.5, 0.6) is 0 Å². The van der Waals surface area contributed by atoms with Gasteiger partial charge in [0.05, 0.1) is 24.1 Å². The number of nitriles is 1. The molecule has 5 nitrogen and oxygen atoms in total. The quantitative estimate of drug-likeness (QED) is 0.102. The van der Waals surface area contributed by atoms with E-state index in [4.69, 9.17) is 10.00 Å². The van der Waals surface area contributed by atoms with Crippen LogP contribution < -0.4 is 5.32 Å². The molecule has 0 aliphatic heterocycles. The molecule has 3 aliphatic carbocycles. The number of fused-ring (bicyclic) bond motifs is 2. The molecule has 0 heterocycles. The van der Waals surface area contributed by atoms with Crippen LogP contribution >= 0.6 is 8.86 Å². The molecule has 3 rings (SSSR count). The van der Waals surface area contributed by atoms with E-state index < -0.39 is 0 Å². The van der Waals surface area contributed by atoms with Crippen molar-refractivity contribution in [2.45, 2.75) is 192 Å². The number of carbonyl (C=O) groups excluding carboxylic acids is 2. The smallest absolute Gasteiger partial charge is 0.223 e. The third-order valence-electron chi connectivity index (χ3n) is 14.4. The minimum atomic E-state index is -0.138. The van der Waals surface area contributed by atoms with Gasteiger partial charge in [-0.1, -0.05) is 103 Å². The Bertz CT molecular complexity index is 1270. The van der Waals surface area contributed by atoms with Crippen LogP contribution in [0.4, 0.5) is 0 Å². The molecule has 0 aromatic heterocycles. The highest BCUT2D eigenvalue weighted by Gasteiger charge is 2.60. The molecule has 9 atom stereocenters. The van der Waals surface area contributed by atoms with Crippen LogP contribution in [0.1, 0.15) is 186 Å². The zero-order valence-corrected chi connectivity index (χ0v) is 38.5. The number of hydrogen-bond acceptors (Lipinski definition) is 4. The number of ketones is 1. The molecule has 8 unspecified atom stereocenters. The molecule has 0 aromatic carbocycles. The SMILES string of the molecule is C=CC.C=CCC.CCCC1CC2CCC3C(C)(CCC(C(C)(C)C(C)OC(=P)CC(C)(C)CC(C)=O)C3(C)CC)C[C@]2(C)CCC1C(=O)NCCC#N. The number of amides is 1. The molecule has 0 spiro atoms. The van der Waals surface area contributed by atoms with Crippen LogP contribution in [-0.2, 0) is 14.3 Å². The van der Waals surface area contributed by atoms with Crippen LogP contribution in [0.2, 0.25) is 0 Å². The summed E-state index contributed by atoms with van der Waals surface area (Å²) in [5, 5.41) is 12.1. The van der Waals surface area contributed by atoms with Gasteiger partial charge in [-0.25, -0.2) is 0 Å². The van der Waals surface area contributed by atoms with Gasteiger partial charge in [0.25, 0.3) is 0 Å². The summed E-state index contributed by atoms with van der Waals surface area (Å²) in [5.74, 6) is 2.76. The van der Waals surface area contributed by atoms with Crippen LogP contribution in [0, 0.1) is 68.0 Å². The summed E-state index contributed by atoms with van der Waals surface area (Å²) in [6.07, 6.45) is 19.3. The monoisotopic (exact) mass is 769 g/mol. The lowest BCUT2D eigenvalue weighted by molar-refractivity contribution is -0.135. The first kappa shape index (κ1) is 50.3. The fourth-order valence-corrected chi connectivity index (χ4v) is 12.3. The summed E-state index contributed by atoms with van der Waals surface area (Å²) >= 11 is 0. The minimum Gasteiger partial charge on any atom is -0.355 e. The minimum absolute atomic E-state index is 0.0203. The predicted octanol–water partition coefficient (Wildman–Crippen LogP) is 13.4. The molecule has 0 aromatic rings. The molecular formula is C48H85N2O3P. The molecule has 6 heteroatoms. The van der Waals surface area contributed by atoms with Gasteiger partial charge in [0, 0.05) is 25.3 Å². The third kappa shape index (κ3) is 13.4. The number of Topliss-reactive ketones (excluding diaryl/α,β-unsaturated/α-hetero) is 1. The van der Waals surface area contributed by atoms with Gasteiger partial charge in [-0.3, -0.25) is 4.79 Å². The number of nitrogens with zero attached hydrogens (tertiary/aromatic N) is 1. The van der Waals surface area contributed by atoms with E-state index in [-0.39, 0.29) is 50.8 Å². The molecule has 310 valence electrons. The number of ether oxygens (including phenoxy) is 1. The Morgan fingerprint density at radius 1 is 1.02 bits per heavy atom. The maximum Gasteiger partial charge on any atom is 0.223 e. The van der Waals surface area contributed by atoms with Gasteiger partial charge in [0.2, 0.25) is 5.91 Å². The Balaban J connectivity index is 0.00000192. The average molecular weight is 769 g/mol. The molecule has 0 saturated heterocycles. The highest BCUT2D eigenvalue weighted by molar-refractivity contribution is 7.20. The maximum atomic E-state index is 13.4. The first-order chi connectivity index (χ1) is 25.1. The van der Waals surface area contributed by atoms with E-state index in [2.05, 4.69) is 110 Å². The van der Waals surface area contributed by atoms with Crippen molar-refractivity contribution in [1.29, 1.82) is 5.26 Å². The van der Waals surface area contributed by atoms with Crippen LogP contribution in [0.15, 0.2) is 25.3 Å². The van der Waals surface area contributed by atoms with Crippen molar-refractivity contribution in [2.24, 2.45) is 56.7 Å². The van der Waals surface area contributed by atoms with Crippen molar-refractivity contribution in [3.05, 3.63) is 25.3 Å². The van der Waals surface area contributed by atoms with Gasteiger partial charge in [-0.05, 0) is 136 Å². The van der Waals surface area contributed by atoms with E-state index in [1.165, 1.54) is 38.5 Å². The third-order valence-corrected chi connectivity index (χ3v) is 14.7. The van der Waals surface area contributed by atoms with Crippen molar-refractivity contribution < 1.29 is 14.3 Å². The van der Waals surface area contributed by atoms with E-state index in [1.54, 1.807) is 13.0 Å². The zero-order valence-electron chi connectivity index (χ0n) is 37.5. The standard InChI is InChI=1S/C41H71N2O3P.C4H8.C3H6/c1-12-15-30-24-31-16-17-34-40(10,27-39(31,9)20-18-32(30)36(45)43-23-14-22-42)21-19-33(41(34,11)13-2)38(7,8)29(4)46-35(47)26-37(5,6)25-28(3)44;1-3-4-2;1-3-2/h29-34,47H,12-21,23-27H2,1-11H3,(H,43,45);3H,1,4H2,2H3;3H,1H2,2H3/t29?,30?,31?,32?,33?,34?,39-,40?,41?;;/m0../s1. The summed E-state index contributed by atoms with van der Waals surface area (Å²) in [7, 11) is 3.84. The lowest BCUT2D eigenvalue weighted by Crippen LogP contribution is -2.55. The van der Waals surface area contributed by atoms with Gasteiger partial charge in [-0.2, -0.15) is 5.26 Å². The van der Waals surface area contributed by atoms with E-state index in [1.807, 2.05) is 13.0 Å². The summed E-state index contributed by atoms with van der Waals surface area (Å²) < 4.78 is 6.68. The van der Waals surface area contributed by atoms with Crippen molar-refractivity contribution in [1.82, 2.24) is 5.32 Å². The zero-order chi connectivity index (χ0) is 41.5. The second-order valence-corrected chi connectivity index (χ2v) is 20.3. The largest absolute Gasteiger partial charge is 0.355 e. The molecule has 1 amide bonds. The summed E-state index contributed by atoms with van der Waals surface area (Å²) in [4.78, 5) is 25.3. The van der Waals surface area contributed by atoms with E-state index in [0.29, 0.717) is 43.1 Å². The number of rotatable bonds is 15. The molecule has 3 aliphatic rings. The number of nitrogens with one attached hydrogen (secondary N) is 1. The second-order valence-electron chi connectivity index (χ2n) is 19.7. The lowest BCUT2D eigenvalue weighted by Gasteiger charge is -2.61. The van der Waals surface area contributed by atoms with Crippen LogP contribution in [-0.4, -0.2) is 29.8 Å². The second kappa shape index (κ2) is 22.3. The molecule has 3 saturated carbocycles. The van der Waals surface area contributed by atoms with Crippen molar-refractivity contribution in [2.75, 3.05) is 6.54 Å². The highest BCUT2D eigenvalue weighted by Crippen LogP contribution is 2.68. The summed E-state index contributed by atoms with van der Waals surface area (Å²) in [6, 6.07) is 2.18. The van der Waals surface area contributed by atoms with Crippen LogP contribution in [0.3, 0.4) is 0 Å². The number of hydrogen-bond donors (Lipinski definition) is 1. The van der Waals surface area contributed by atoms with Gasteiger partial charge in [-0.15, -0.1) is 13.2 Å². The molecule has 3 fully saturated rings. The average Bonchev–Trinajstić information content (AvgIpc) is 3.27. The normalized spacial score (nSPS) is 31.4. The Labute approximate surface area is 336 Å². The molecule has 54 heavy (non-hydrogen) atoms. The number of carbonyl (C=O) groups is 2. The molecule has 1 N–H and O–H groups in total. The Morgan fingerprint density at radius 2 is 1.61 bits per heavy atom. The van der Waals surface area contributed by atoms with Gasteiger partial charge in [0.15, 0.2) is 0 Å². The Morgan fingerprint density at radius 3 is 2.13 bits per heavy atom. The van der Waals surface area contributed by atoms with Crippen molar-refractivity contribution in [3.63, 3.8) is 0 Å². The van der Waals surface area contributed by atoms with Crippen molar-refractivity contribution >= 4 is 26.0 Å². The molecule has 0 radical (unpaired) electrons. The summed E-state index contributed by atoms with van der Waals surface area (Å²) in [6.45, 7) is 36.9. The fourth-order valence-electron chi connectivity index (χ4n) is 11.6. The van der Waals surface area contributed by atoms with Crippen LogP contribution in [0.25, 0.3) is 0 Å². The van der Waals surface area contributed by atoms with E-state index in [0.717, 1.165) is 50.4 Å². The fraction of sp³-hybridized carbons (Fsp3) is 0.833. The first-order valence-corrected chi connectivity index (χ1v) is 22.2. The topological polar surface area (TPSA) is 79.2 Å². The van der Waals surface area contributed by atoms with Gasteiger partial charge < -0.3 is 14.8 Å². The van der Waals surface area contributed by atoms with Gasteiger partial charge >= 0.3 is 0 Å². The lowest BCUT2D eigenvalue weighted by atomic mass is 9.44. The van der Waals surface area contributed by atoms with E-state index >= 15 is 0 Å². The van der Waals surface area contributed by atoms with Gasteiger partial charge in [0.1, 0.15) is 5.78 Å². The van der Waals surface area contributed by atoms with Crippen molar-refractivity contribution in [3.8, 4) is 6.07 Å². The number of allylic oxidation sites excluding steroid dienone is 2. The molecular weight excluding hydrogens is 684 g/mol. The highest BCUT2D eigenvalue weighted by atomic mass is 31.0. The Kier molecular flexibility index (Phi) is 20.7. The summed E-state index contributed by atoms with van der Waals surface area (Å²) in [5.41, 5.74) is 1.44. The molecule has 0 bridgehead atoms. The maximum absolute atomic E-state index is 13.4.